The molecule has 2 aromatic carbocycles. The number of pyridine rings is 1. The number of nitrogens with zero attached hydrogens (tertiary/aromatic N) is 3. The van der Waals surface area contributed by atoms with Gasteiger partial charge in [0.1, 0.15) is 0 Å². The fourth-order valence-electron chi connectivity index (χ4n) is 3.48. The van der Waals surface area contributed by atoms with Crippen LogP contribution in [0, 0.1) is 0 Å². The van der Waals surface area contributed by atoms with Crippen LogP contribution in [0.5, 0.6) is 0 Å². The fourth-order valence-corrected chi connectivity index (χ4v) is 3.95. The normalized spacial score (nSPS) is 15.9. The van der Waals surface area contributed by atoms with E-state index < -0.39 is 6.23 Å². The van der Waals surface area contributed by atoms with Crippen molar-refractivity contribution in [3.63, 3.8) is 0 Å². The van der Waals surface area contributed by atoms with Crippen LogP contribution < -0.4 is 0 Å². The number of H-pyrrole nitrogens is 1. The molecule has 1 aliphatic heterocycles. The van der Waals surface area contributed by atoms with Gasteiger partial charge >= 0.3 is 0 Å². The number of carbonyl (C=O) groups is 1. The highest BCUT2D eigenvalue weighted by Crippen LogP contribution is 2.34. The molecule has 6 nitrogen and oxygen atoms in total. The number of benzene rings is 2. The molecule has 1 N–H and O–H groups in total. The van der Waals surface area contributed by atoms with Crippen LogP contribution in [0.25, 0.3) is 17.0 Å². The minimum atomic E-state index is -0.729. The van der Waals surface area contributed by atoms with E-state index in [0.29, 0.717) is 21.5 Å². The van der Waals surface area contributed by atoms with E-state index in [4.69, 9.17) is 27.9 Å². The van der Waals surface area contributed by atoms with Gasteiger partial charge in [-0.2, -0.15) is 5.01 Å². The topological polar surface area (TPSA) is 70.6 Å². The lowest BCUT2D eigenvalue weighted by Crippen LogP contribution is -2.26. The SMILES string of the molecule is O=C(/C=C/c1ccc(Cl)cc1Cl)N1N=C(c2ccncc2)OC1c1c[nH]c2ccccc12. The van der Waals surface area contributed by atoms with E-state index in [1.165, 1.54) is 11.1 Å². The molecule has 8 heteroatoms. The van der Waals surface area contributed by atoms with Crippen LogP contribution in [-0.2, 0) is 9.53 Å². The number of hydrogen-bond acceptors (Lipinski definition) is 4. The monoisotopic (exact) mass is 462 g/mol. The zero-order valence-corrected chi connectivity index (χ0v) is 18.1. The third-order valence-electron chi connectivity index (χ3n) is 5.05. The largest absolute Gasteiger partial charge is 0.446 e. The van der Waals surface area contributed by atoms with Gasteiger partial charge < -0.3 is 9.72 Å². The van der Waals surface area contributed by atoms with Gasteiger partial charge in [0.05, 0.1) is 0 Å². The number of rotatable bonds is 4. The Morgan fingerprint density at radius 3 is 2.72 bits per heavy atom. The molecular formula is C24H16Cl2N4O2. The summed E-state index contributed by atoms with van der Waals surface area (Å²) >= 11 is 12.2. The molecule has 1 amide bonds. The Morgan fingerprint density at radius 2 is 1.91 bits per heavy atom. The first-order valence-corrected chi connectivity index (χ1v) is 10.5. The third kappa shape index (κ3) is 3.86. The molecule has 0 aliphatic carbocycles. The first-order chi connectivity index (χ1) is 15.6. The first-order valence-electron chi connectivity index (χ1n) is 9.78. The molecule has 0 saturated heterocycles. The Kier molecular flexibility index (Phi) is 5.39. The minimum absolute atomic E-state index is 0.342. The van der Waals surface area contributed by atoms with Crippen molar-refractivity contribution in [2.45, 2.75) is 6.23 Å². The fraction of sp³-hybridized carbons (Fsp3) is 0.0417. The summed E-state index contributed by atoms with van der Waals surface area (Å²) in [6.07, 6.45) is 7.45. The van der Waals surface area contributed by atoms with Crippen LogP contribution in [0.4, 0.5) is 0 Å². The van der Waals surface area contributed by atoms with Gasteiger partial charge in [-0.1, -0.05) is 47.5 Å². The van der Waals surface area contributed by atoms with Crippen molar-refractivity contribution in [2.24, 2.45) is 5.10 Å². The second-order valence-corrected chi connectivity index (χ2v) is 7.93. The molecule has 0 bridgehead atoms. The highest BCUT2D eigenvalue weighted by Gasteiger charge is 2.35. The predicted molar refractivity (Wildman–Crippen MR) is 125 cm³/mol. The van der Waals surface area contributed by atoms with Gasteiger partial charge in [0.2, 0.25) is 12.1 Å². The molecule has 3 heterocycles. The van der Waals surface area contributed by atoms with Gasteiger partial charge in [-0.15, -0.1) is 5.10 Å². The van der Waals surface area contributed by atoms with Crippen LogP contribution >= 0.6 is 23.2 Å². The summed E-state index contributed by atoms with van der Waals surface area (Å²) in [4.78, 5) is 20.4. The van der Waals surface area contributed by atoms with Gasteiger partial charge in [0, 0.05) is 56.7 Å². The molecule has 32 heavy (non-hydrogen) atoms. The molecular weight excluding hydrogens is 447 g/mol. The quantitative estimate of drug-likeness (QED) is 0.389. The Balaban J connectivity index is 1.51. The number of aromatic nitrogens is 2. The standard InChI is InChI=1S/C24H16Cl2N4O2/c25-17-7-5-15(20(26)13-17)6-8-22(31)30-24(19-14-28-21-4-2-1-3-18(19)21)32-23(29-30)16-9-11-27-12-10-16/h1-14,24,28H/b8-6+. The zero-order valence-electron chi connectivity index (χ0n) is 16.6. The maximum absolute atomic E-state index is 13.2. The summed E-state index contributed by atoms with van der Waals surface area (Å²) in [5, 5.41) is 7.74. The molecule has 4 aromatic rings. The first kappa shape index (κ1) is 20.3. The smallest absolute Gasteiger partial charge is 0.270 e. The summed E-state index contributed by atoms with van der Waals surface area (Å²) in [6, 6.07) is 16.5. The molecule has 0 fully saturated rings. The van der Waals surface area contributed by atoms with Crippen molar-refractivity contribution in [1.29, 1.82) is 0 Å². The number of hydrogen-bond donors (Lipinski definition) is 1. The second kappa shape index (κ2) is 8.49. The number of amides is 1. The number of para-hydroxylation sites is 1. The number of hydrazone groups is 1. The lowest BCUT2D eigenvalue weighted by molar-refractivity contribution is -0.132. The highest BCUT2D eigenvalue weighted by atomic mass is 35.5. The van der Waals surface area contributed by atoms with E-state index in [-0.39, 0.29) is 5.91 Å². The van der Waals surface area contributed by atoms with E-state index in [9.17, 15) is 4.79 Å². The van der Waals surface area contributed by atoms with Gasteiger partial charge in [-0.05, 0) is 42.0 Å². The summed E-state index contributed by atoms with van der Waals surface area (Å²) in [7, 11) is 0. The Labute approximate surface area is 193 Å². The van der Waals surface area contributed by atoms with Gasteiger partial charge in [-0.3, -0.25) is 9.78 Å². The molecule has 0 radical (unpaired) electrons. The maximum Gasteiger partial charge on any atom is 0.270 e. The summed E-state index contributed by atoms with van der Waals surface area (Å²) in [5.41, 5.74) is 3.15. The molecule has 0 saturated carbocycles. The molecule has 1 atom stereocenters. The van der Waals surface area contributed by atoms with Crippen LogP contribution in [0.15, 0.2) is 84.4 Å². The Bertz CT molecular complexity index is 1360. The minimum Gasteiger partial charge on any atom is -0.446 e. The van der Waals surface area contributed by atoms with Crippen molar-refractivity contribution in [3.8, 4) is 0 Å². The van der Waals surface area contributed by atoms with E-state index >= 15 is 0 Å². The number of aromatic amines is 1. The van der Waals surface area contributed by atoms with Crippen LogP contribution in [-0.4, -0.2) is 26.8 Å². The lowest BCUT2D eigenvalue weighted by Gasteiger charge is -2.19. The maximum atomic E-state index is 13.2. The summed E-state index contributed by atoms with van der Waals surface area (Å²) < 4.78 is 6.16. The van der Waals surface area contributed by atoms with Crippen molar-refractivity contribution in [1.82, 2.24) is 15.0 Å². The molecule has 1 aliphatic rings. The molecule has 5 rings (SSSR count). The average Bonchev–Trinajstić information content (AvgIpc) is 3.43. The highest BCUT2D eigenvalue weighted by molar-refractivity contribution is 6.35. The van der Waals surface area contributed by atoms with Crippen molar-refractivity contribution >= 4 is 52.0 Å². The second-order valence-electron chi connectivity index (χ2n) is 7.08. The summed E-state index contributed by atoms with van der Waals surface area (Å²) in [5.74, 6) is -0.00990. The van der Waals surface area contributed by atoms with Crippen molar-refractivity contribution in [3.05, 3.63) is 106 Å². The van der Waals surface area contributed by atoms with E-state index in [1.807, 2.05) is 30.5 Å². The van der Waals surface area contributed by atoms with E-state index in [1.54, 1.807) is 48.8 Å². The molecule has 1 unspecified atom stereocenters. The van der Waals surface area contributed by atoms with Crippen molar-refractivity contribution in [2.75, 3.05) is 0 Å². The van der Waals surface area contributed by atoms with Crippen LogP contribution in [0.2, 0.25) is 10.0 Å². The number of carbonyl (C=O) groups excluding carboxylic acids is 1. The third-order valence-corrected chi connectivity index (χ3v) is 5.61. The van der Waals surface area contributed by atoms with Gasteiger partial charge in [-0.25, -0.2) is 0 Å². The lowest BCUT2D eigenvalue weighted by atomic mass is 10.1. The van der Waals surface area contributed by atoms with E-state index in [2.05, 4.69) is 15.1 Å². The van der Waals surface area contributed by atoms with E-state index in [0.717, 1.165) is 22.0 Å². The van der Waals surface area contributed by atoms with Gasteiger partial charge in [0.15, 0.2) is 0 Å². The molecule has 2 aromatic heterocycles. The molecule has 158 valence electrons. The average molecular weight is 463 g/mol. The van der Waals surface area contributed by atoms with Crippen LogP contribution in [0.3, 0.4) is 0 Å². The molecule has 0 spiro atoms. The number of ether oxygens (including phenoxy) is 1. The zero-order chi connectivity index (χ0) is 22.1. The van der Waals surface area contributed by atoms with Crippen molar-refractivity contribution < 1.29 is 9.53 Å². The summed E-state index contributed by atoms with van der Waals surface area (Å²) in [6.45, 7) is 0. The predicted octanol–water partition coefficient (Wildman–Crippen LogP) is 5.80. The number of halogens is 2. The van der Waals surface area contributed by atoms with Gasteiger partial charge in [0.25, 0.3) is 5.91 Å². The number of fused-ring (bicyclic) bond motifs is 1. The van der Waals surface area contributed by atoms with Crippen LogP contribution in [0.1, 0.15) is 22.9 Å². The Hall–Kier alpha value is -3.61. The number of nitrogens with one attached hydrogen (secondary N) is 1. The Morgan fingerprint density at radius 1 is 1.09 bits per heavy atom.